The van der Waals surface area contributed by atoms with Crippen LogP contribution in [-0.4, -0.2) is 72.4 Å². The fourth-order valence-corrected chi connectivity index (χ4v) is 6.09. The number of likely N-dealkylation sites (N-methyl/N-ethyl adjacent to an activating group) is 1. The molecule has 0 spiro atoms. The highest BCUT2D eigenvalue weighted by Gasteiger charge is 2.58. The number of aliphatic hydroxyl groups excluding tert-OH is 1. The highest BCUT2D eigenvalue weighted by Crippen LogP contribution is 2.52. The molecular weight excluding hydrogens is 518 g/mol. The molecule has 3 atom stereocenters. The van der Waals surface area contributed by atoms with Gasteiger partial charge in [-0.1, -0.05) is 11.6 Å². The fraction of sp³-hybridized carbons (Fsp3) is 0.680. The van der Waals surface area contributed by atoms with E-state index < -0.39 is 46.9 Å². The van der Waals surface area contributed by atoms with E-state index in [0.29, 0.717) is 32.2 Å². The summed E-state index contributed by atoms with van der Waals surface area (Å²) in [6.45, 7) is 0.0383. The zero-order valence-electron chi connectivity index (χ0n) is 20.5. The molecule has 4 fully saturated rings. The van der Waals surface area contributed by atoms with Crippen molar-refractivity contribution in [3.05, 3.63) is 29.0 Å². The van der Waals surface area contributed by atoms with Crippen molar-refractivity contribution in [3.8, 4) is 5.75 Å². The Morgan fingerprint density at radius 3 is 2.57 bits per heavy atom. The second-order valence-electron chi connectivity index (χ2n) is 10.7. The van der Waals surface area contributed by atoms with Gasteiger partial charge in [-0.2, -0.15) is 13.2 Å². The van der Waals surface area contributed by atoms with Crippen LogP contribution in [0.15, 0.2) is 18.2 Å². The molecule has 3 unspecified atom stereocenters. The summed E-state index contributed by atoms with van der Waals surface area (Å²) >= 11 is 5.64. The Bertz CT molecular complexity index is 1020. The highest BCUT2D eigenvalue weighted by molar-refractivity contribution is 6.30. The van der Waals surface area contributed by atoms with Gasteiger partial charge >= 0.3 is 6.18 Å². The van der Waals surface area contributed by atoms with Crippen LogP contribution in [0.4, 0.5) is 17.6 Å². The number of nitrogens with zero attached hydrogens (tertiary/aromatic N) is 1. The van der Waals surface area contributed by atoms with Crippen LogP contribution in [0.3, 0.4) is 0 Å². The van der Waals surface area contributed by atoms with Crippen LogP contribution >= 0.6 is 11.6 Å². The molecule has 4 aliphatic rings. The quantitative estimate of drug-likeness (QED) is 0.454. The van der Waals surface area contributed by atoms with Crippen molar-refractivity contribution in [2.75, 3.05) is 26.7 Å². The van der Waals surface area contributed by atoms with Gasteiger partial charge in [0.2, 0.25) is 5.91 Å². The first-order valence-electron chi connectivity index (χ1n) is 12.5. The van der Waals surface area contributed by atoms with E-state index >= 15 is 0 Å². The molecule has 1 aliphatic heterocycles. The number of amides is 2. The summed E-state index contributed by atoms with van der Waals surface area (Å²) in [6, 6.07) is 3.42. The van der Waals surface area contributed by atoms with Gasteiger partial charge in [-0.25, -0.2) is 4.39 Å². The number of hydrogen-bond acceptors (Lipinski definition) is 5. The minimum absolute atomic E-state index is 0.0442. The summed E-state index contributed by atoms with van der Waals surface area (Å²) in [5, 5.41) is 16.6. The van der Waals surface area contributed by atoms with Crippen LogP contribution in [0.25, 0.3) is 0 Å². The van der Waals surface area contributed by atoms with Gasteiger partial charge in [-0.3, -0.25) is 9.59 Å². The first-order valence-corrected chi connectivity index (χ1v) is 12.8. The van der Waals surface area contributed by atoms with Crippen molar-refractivity contribution in [1.29, 1.82) is 0 Å². The molecule has 2 amide bonds. The Balaban J connectivity index is 1.29. The van der Waals surface area contributed by atoms with Crippen molar-refractivity contribution < 1.29 is 37.0 Å². The number of aliphatic hydroxyl groups is 1. The van der Waals surface area contributed by atoms with Gasteiger partial charge < -0.3 is 25.4 Å². The molecule has 12 heteroatoms. The lowest BCUT2D eigenvalue weighted by Crippen LogP contribution is -2.66. The van der Waals surface area contributed by atoms with Crippen molar-refractivity contribution in [2.45, 2.75) is 68.8 Å². The third kappa shape index (κ3) is 5.98. The second kappa shape index (κ2) is 10.6. The van der Waals surface area contributed by atoms with Gasteiger partial charge in [0.05, 0.1) is 22.5 Å². The van der Waals surface area contributed by atoms with Crippen LogP contribution in [0.2, 0.25) is 5.02 Å². The van der Waals surface area contributed by atoms with Gasteiger partial charge in [0.1, 0.15) is 11.6 Å². The lowest BCUT2D eigenvalue weighted by molar-refractivity contribution is -0.188. The summed E-state index contributed by atoms with van der Waals surface area (Å²) in [7, 11) is 1.75. The van der Waals surface area contributed by atoms with Gasteiger partial charge in [0.25, 0.3) is 5.91 Å². The average molecular weight is 550 g/mol. The van der Waals surface area contributed by atoms with E-state index in [9.17, 15) is 32.3 Å². The Morgan fingerprint density at radius 2 is 1.95 bits per heavy atom. The molecule has 3 N–H and O–H groups in total. The van der Waals surface area contributed by atoms with Crippen molar-refractivity contribution in [3.63, 3.8) is 0 Å². The molecule has 3 aliphatic carbocycles. The second-order valence-corrected chi connectivity index (χ2v) is 11.1. The molecule has 1 heterocycles. The number of carbonyl (C=O) groups excluding carboxylic acids is 2. The van der Waals surface area contributed by atoms with E-state index in [-0.39, 0.29) is 49.1 Å². The number of benzene rings is 1. The Morgan fingerprint density at radius 1 is 1.24 bits per heavy atom. The zero-order chi connectivity index (χ0) is 27.0. The molecular formula is C25H32ClF4N3O4. The smallest absolute Gasteiger partial charge is 0.391 e. The third-order valence-corrected chi connectivity index (χ3v) is 8.72. The SMILES string of the molecule is CN1CCC(C(F)(F)F)CC1CNC(=O)C12CCC(NC(=O)COc3ccc(Cl)c(F)c3)(CC1)CC2O. The molecule has 1 aromatic rings. The van der Waals surface area contributed by atoms with E-state index in [0.717, 1.165) is 6.07 Å². The molecule has 7 nitrogen and oxygen atoms in total. The summed E-state index contributed by atoms with van der Waals surface area (Å²) < 4.78 is 58.5. The van der Waals surface area contributed by atoms with E-state index in [1.54, 1.807) is 7.05 Å². The molecule has 5 rings (SSSR count). The van der Waals surface area contributed by atoms with Crippen molar-refractivity contribution >= 4 is 23.4 Å². The van der Waals surface area contributed by atoms with E-state index in [4.69, 9.17) is 16.3 Å². The molecule has 1 saturated heterocycles. The number of piperidine rings is 1. The van der Waals surface area contributed by atoms with Crippen LogP contribution in [-0.2, 0) is 9.59 Å². The van der Waals surface area contributed by atoms with Crippen LogP contribution < -0.4 is 15.4 Å². The average Bonchev–Trinajstić information content (AvgIpc) is 2.83. The number of carbonyl (C=O) groups is 2. The number of nitrogens with one attached hydrogen (secondary N) is 2. The minimum atomic E-state index is -4.26. The summed E-state index contributed by atoms with van der Waals surface area (Å²) in [6.07, 6.45) is -3.48. The lowest BCUT2D eigenvalue weighted by Gasteiger charge is -2.55. The number of halogens is 5. The van der Waals surface area contributed by atoms with Gasteiger partial charge in [0, 0.05) is 24.2 Å². The lowest BCUT2D eigenvalue weighted by atomic mass is 9.55. The number of hydrogen-bond donors (Lipinski definition) is 3. The molecule has 1 aromatic carbocycles. The Kier molecular flexibility index (Phi) is 7.97. The van der Waals surface area contributed by atoms with Gasteiger partial charge in [-0.15, -0.1) is 0 Å². The number of rotatable bonds is 7. The fourth-order valence-electron chi connectivity index (χ4n) is 5.97. The highest BCUT2D eigenvalue weighted by atomic mass is 35.5. The minimum Gasteiger partial charge on any atom is -0.484 e. The third-order valence-electron chi connectivity index (χ3n) is 8.41. The molecule has 0 radical (unpaired) electrons. The summed E-state index contributed by atoms with van der Waals surface area (Å²) in [5.41, 5.74) is -1.71. The maximum Gasteiger partial charge on any atom is 0.391 e. The summed E-state index contributed by atoms with van der Waals surface area (Å²) in [5.74, 6) is -2.67. The van der Waals surface area contributed by atoms with Crippen molar-refractivity contribution in [2.24, 2.45) is 11.3 Å². The molecule has 0 aromatic heterocycles. The molecule has 2 bridgehead atoms. The van der Waals surface area contributed by atoms with E-state index in [1.165, 1.54) is 12.1 Å². The monoisotopic (exact) mass is 549 g/mol. The van der Waals surface area contributed by atoms with E-state index in [1.807, 2.05) is 4.90 Å². The van der Waals surface area contributed by atoms with E-state index in [2.05, 4.69) is 10.6 Å². The maximum atomic E-state index is 13.6. The number of fused-ring (bicyclic) bond motifs is 3. The summed E-state index contributed by atoms with van der Waals surface area (Å²) in [4.78, 5) is 27.6. The van der Waals surface area contributed by atoms with Crippen LogP contribution in [0.1, 0.15) is 44.9 Å². The first kappa shape index (κ1) is 27.9. The molecule has 206 valence electrons. The van der Waals surface area contributed by atoms with Crippen LogP contribution in [0.5, 0.6) is 5.75 Å². The number of ether oxygens (including phenoxy) is 1. The number of alkyl halides is 3. The number of likely N-dealkylation sites (tertiary alicyclic amines) is 1. The first-order chi connectivity index (χ1) is 17.3. The normalized spacial score (nSPS) is 32.1. The maximum absolute atomic E-state index is 13.6. The topological polar surface area (TPSA) is 90.9 Å². The van der Waals surface area contributed by atoms with Gasteiger partial charge in [0.15, 0.2) is 6.61 Å². The van der Waals surface area contributed by atoms with Crippen LogP contribution in [0, 0.1) is 17.2 Å². The molecule has 3 saturated carbocycles. The predicted molar refractivity (Wildman–Crippen MR) is 128 cm³/mol. The largest absolute Gasteiger partial charge is 0.484 e. The van der Waals surface area contributed by atoms with Gasteiger partial charge in [-0.05, 0) is 70.7 Å². The Hall–Kier alpha value is -2.11. The zero-order valence-corrected chi connectivity index (χ0v) is 21.3. The standard InChI is InChI=1S/C25H32ClF4N3O4/c1-33-9-4-15(25(28,29)30)10-16(33)13-31-22(36)24-7-5-23(6-8-24,12-20(24)34)32-21(35)14-37-17-2-3-18(26)19(27)11-17/h2-3,11,15-16,20,34H,4-10,12-14H2,1H3,(H,31,36)(H,32,35). The van der Waals surface area contributed by atoms with Crippen molar-refractivity contribution in [1.82, 2.24) is 15.5 Å². The predicted octanol–water partition coefficient (Wildman–Crippen LogP) is 3.43. The Labute approximate surface area is 217 Å². The molecule has 37 heavy (non-hydrogen) atoms.